The van der Waals surface area contributed by atoms with Gasteiger partial charge in [-0.2, -0.15) is 0 Å². The molecule has 5 heteroatoms. The highest BCUT2D eigenvalue weighted by molar-refractivity contribution is 5.92. The molecule has 1 aromatic carbocycles. The van der Waals surface area contributed by atoms with E-state index in [1.165, 1.54) is 0 Å². The molecule has 0 radical (unpaired) electrons. The molecule has 0 saturated carbocycles. The third-order valence-electron chi connectivity index (χ3n) is 3.06. The maximum atomic E-state index is 11.3. The summed E-state index contributed by atoms with van der Waals surface area (Å²) < 4.78 is 2.13. The molecule has 1 heterocycles. The average molecular weight is 272 g/mol. The van der Waals surface area contributed by atoms with Gasteiger partial charge < -0.3 is 15.6 Å². The van der Waals surface area contributed by atoms with Gasteiger partial charge >= 0.3 is 0 Å². The fraction of sp³-hybridized carbons (Fsp3) is 0.333. The lowest BCUT2D eigenvalue weighted by Crippen LogP contribution is -2.21. The van der Waals surface area contributed by atoms with Gasteiger partial charge in [-0.25, -0.2) is 4.98 Å². The van der Waals surface area contributed by atoms with E-state index in [0.29, 0.717) is 0 Å². The number of carbonyl (C=O) groups excluding carboxylic acids is 1. The zero-order chi connectivity index (χ0) is 14.4. The lowest BCUT2D eigenvalue weighted by Gasteiger charge is -2.09. The van der Waals surface area contributed by atoms with Crippen molar-refractivity contribution in [2.24, 2.45) is 5.73 Å². The molecule has 0 fully saturated rings. The molecule has 1 amide bonds. The summed E-state index contributed by atoms with van der Waals surface area (Å²) in [7, 11) is 0. The number of amides is 1. The Labute approximate surface area is 118 Å². The number of rotatable bonds is 6. The minimum Gasteiger partial charge on any atom is -0.331 e. The van der Waals surface area contributed by atoms with Gasteiger partial charge in [-0.05, 0) is 18.6 Å². The van der Waals surface area contributed by atoms with Crippen LogP contribution >= 0.6 is 0 Å². The zero-order valence-corrected chi connectivity index (χ0v) is 11.7. The minimum atomic E-state index is -0.198. The molecular formula is C15H20N4O. The van der Waals surface area contributed by atoms with Crippen molar-refractivity contribution in [3.05, 3.63) is 36.7 Å². The van der Waals surface area contributed by atoms with Crippen LogP contribution in [0.2, 0.25) is 0 Å². The van der Waals surface area contributed by atoms with E-state index in [-0.39, 0.29) is 12.5 Å². The number of anilines is 1. The number of aryl methyl sites for hydroxylation is 1. The molecule has 3 N–H and O–H groups in total. The molecule has 0 aliphatic rings. The molecule has 2 rings (SSSR count). The van der Waals surface area contributed by atoms with Crippen molar-refractivity contribution in [1.29, 1.82) is 0 Å². The van der Waals surface area contributed by atoms with Crippen LogP contribution in [0.25, 0.3) is 11.4 Å². The van der Waals surface area contributed by atoms with Crippen LogP contribution in [0.5, 0.6) is 0 Å². The second-order valence-corrected chi connectivity index (χ2v) is 4.63. The SMILES string of the molecule is CCCCn1ccnc1-c1cccc(NC(=O)CN)c1. The Morgan fingerprint density at radius 3 is 3.05 bits per heavy atom. The van der Waals surface area contributed by atoms with Crippen molar-refractivity contribution in [2.75, 3.05) is 11.9 Å². The third-order valence-corrected chi connectivity index (χ3v) is 3.06. The number of nitrogens with zero attached hydrogens (tertiary/aromatic N) is 2. The van der Waals surface area contributed by atoms with E-state index in [1.807, 2.05) is 30.5 Å². The van der Waals surface area contributed by atoms with Crippen molar-refractivity contribution in [3.8, 4) is 11.4 Å². The molecule has 5 nitrogen and oxygen atoms in total. The van der Waals surface area contributed by atoms with E-state index in [9.17, 15) is 4.79 Å². The predicted molar refractivity (Wildman–Crippen MR) is 80.3 cm³/mol. The maximum Gasteiger partial charge on any atom is 0.238 e. The van der Waals surface area contributed by atoms with Gasteiger partial charge in [0, 0.05) is 30.2 Å². The lowest BCUT2D eigenvalue weighted by molar-refractivity contribution is -0.114. The first kappa shape index (κ1) is 14.3. The van der Waals surface area contributed by atoms with Gasteiger partial charge in [-0.1, -0.05) is 25.5 Å². The summed E-state index contributed by atoms with van der Waals surface area (Å²) in [6.45, 7) is 3.10. The first-order chi connectivity index (χ1) is 9.74. The van der Waals surface area contributed by atoms with Gasteiger partial charge in [0.2, 0.25) is 5.91 Å². The maximum absolute atomic E-state index is 11.3. The van der Waals surface area contributed by atoms with Crippen molar-refractivity contribution >= 4 is 11.6 Å². The van der Waals surface area contributed by atoms with E-state index >= 15 is 0 Å². The second-order valence-electron chi connectivity index (χ2n) is 4.63. The Bertz CT molecular complexity index is 577. The van der Waals surface area contributed by atoms with Crippen molar-refractivity contribution in [1.82, 2.24) is 9.55 Å². The summed E-state index contributed by atoms with van der Waals surface area (Å²) in [5.41, 5.74) is 7.03. The Kier molecular flexibility index (Phi) is 4.90. The summed E-state index contributed by atoms with van der Waals surface area (Å²) >= 11 is 0. The van der Waals surface area contributed by atoms with Gasteiger partial charge in [-0.15, -0.1) is 0 Å². The van der Waals surface area contributed by atoms with Crippen LogP contribution in [0, 0.1) is 0 Å². The molecule has 2 aromatic rings. The predicted octanol–water partition coefficient (Wildman–Crippen LogP) is 2.25. The number of unbranched alkanes of at least 4 members (excludes halogenated alkanes) is 1. The summed E-state index contributed by atoms with van der Waals surface area (Å²) in [5, 5.41) is 2.76. The normalized spacial score (nSPS) is 10.5. The van der Waals surface area contributed by atoms with Crippen LogP contribution < -0.4 is 11.1 Å². The smallest absolute Gasteiger partial charge is 0.238 e. The summed E-state index contributed by atoms with van der Waals surface area (Å²) in [6, 6.07) is 7.65. The van der Waals surface area contributed by atoms with E-state index in [0.717, 1.165) is 36.5 Å². The zero-order valence-electron chi connectivity index (χ0n) is 11.7. The van der Waals surface area contributed by atoms with Crippen LogP contribution in [0.4, 0.5) is 5.69 Å². The molecule has 0 atom stereocenters. The second kappa shape index (κ2) is 6.86. The number of hydrogen-bond donors (Lipinski definition) is 2. The first-order valence-electron chi connectivity index (χ1n) is 6.86. The number of aromatic nitrogens is 2. The van der Waals surface area contributed by atoms with Crippen molar-refractivity contribution in [2.45, 2.75) is 26.3 Å². The van der Waals surface area contributed by atoms with Crippen molar-refractivity contribution in [3.63, 3.8) is 0 Å². The highest BCUT2D eigenvalue weighted by Crippen LogP contribution is 2.21. The van der Waals surface area contributed by atoms with Gasteiger partial charge in [0.15, 0.2) is 0 Å². The van der Waals surface area contributed by atoms with E-state index in [2.05, 4.69) is 21.8 Å². The monoisotopic (exact) mass is 272 g/mol. The molecular weight excluding hydrogens is 252 g/mol. The number of carbonyl (C=O) groups is 1. The van der Waals surface area contributed by atoms with Crippen LogP contribution in [-0.4, -0.2) is 22.0 Å². The molecule has 0 spiro atoms. The molecule has 0 aliphatic heterocycles. The highest BCUT2D eigenvalue weighted by Gasteiger charge is 2.07. The molecule has 0 saturated heterocycles. The van der Waals surface area contributed by atoms with Gasteiger partial charge in [0.05, 0.1) is 6.54 Å². The highest BCUT2D eigenvalue weighted by atomic mass is 16.1. The topological polar surface area (TPSA) is 72.9 Å². The van der Waals surface area contributed by atoms with Gasteiger partial charge in [-0.3, -0.25) is 4.79 Å². The minimum absolute atomic E-state index is 0.0185. The Morgan fingerprint density at radius 2 is 2.30 bits per heavy atom. The third kappa shape index (κ3) is 3.45. The van der Waals surface area contributed by atoms with Gasteiger partial charge in [0.25, 0.3) is 0 Å². The molecule has 1 aromatic heterocycles. The number of hydrogen-bond acceptors (Lipinski definition) is 3. The molecule has 0 bridgehead atoms. The number of nitrogens with two attached hydrogens (primary N) is 1. The first-order valence-corrected chi connectivity index (χ1v) is 6.86. The van der Waals surface area contributed by atoms with Crippen LogP contribution in [-0.2, 0) is 11.3 Å². The Balaban J connectivity index is 2.22. The lowest BCUT2D eigenvalue weighted by atomic mass is 10.2. The molecule has 106 valence electrons. The summed E-state index contributed by atoms with van der Waals surface area (Å²) in [5.74, 6) is 0.721. The molecule has 0 aliphatic carbocycles. The molecule has 20 heavy (non-hydrogen) atoms. The molecule has 0 unspecified atom stereocenters. The van der Waals surface area contributed by atoms with Gasteiger partial charge in [0.1, 0.15) is 5.82 Å². The number of imidazole rings is 1. The van der Waals surface area contributed by atoms with E-state index in [4.69, 9.17) is 5.73 Å². The Morgan fingerprint density at radius 1 is 1.45 bits per heavy atom. The van der Waals surface area contributed by atoms with Crippen LogP contribution in [0.15, 0.2) is 36.7 Å². The number of benzene rings is 1. The standard InChI is InChI=1S/C15H20N4O/c1-2-3-8-19-9-7-17-15(19)12-5-4-6-13(10-12)18-14(20)11-16/h4-7,9-10H,2-3,8,11,16H2,1H3,(H,18,20). The quantitative estimate of drug-likeness (QED) is 0.847. The summed E-state index contributed by atoms with van der Waals surface area (Å²) in [4.78, 5) is 15.7. The van der Waals surface area contributed by atoms with Crippen molar-refractivity contribution < 1.29 is 4.79 Å². The van der Waals surface area contributed by atoms with E-state index < -0.39 is 0 Å². The van der Waals surface area contributed by atoms with Crippen LogP contribution in [0.1, 0.15) is 19.8 Å². The fourth-order valence-electron chi connectivity index (χ4n) is 2.03. The van der Waals surface area contributed by atoms with Crippen LogP contribution in [0.3, 0.4) is 0 Å². The summed E-state index contributed by atoms with van der Waals surface area (Å²) in [6.07, 6.45) is 6.05. The average Bonchev–Trinajstić information content (AvgIpc) is 2.93. The fourth-order valence-corrected chi connectivity index (χ4v) is 2.03. The largest absolute Gasteiger partial charge is 0.331 e. The Hall–Kier alpha value is -2.14. The van der Waals surface area contributed by atoms with E-state index in [1.54, 1.807) is 6.20 Å². The number of nitrogens with one attached hydrogen (secondary N) is 1.